The molecule has 0 fully saturated rings. The van der Waals surface area contributed by atoms with Crippen LogP contribution < -0.4 is 0 Å². The summed E-state index contributed by atoms with van der Waals surface area (Å²) in [6.07, 6.45) is 0. The molecule has 2 rings (SSSR count). The molecule has 1 aromatic carbocycles. The molecule has 0 N–H and O–H groups in total. The maximum Gasteiger partial charge on any atom is 0.153 e. The number of hydrogen-bond donors (Lipinski definition) is 0. The van der Waals surface area contributed by atoms with Crippen LogP contribution in [0.5, 0.6) is 0 Å². The lowest BCUT2D eigenvalue weighted by Crippen LogP contribution is -1.68. The van der Waals surface area contributed by atoms with E-state index >= 15 is 0 Å². The Hall–Kier alpha value is -1.05. The van der Waals surface area contributed by atoms with Crippen LogP contribution in [0.3, 0.4) is 0 Å². The molecule has 4 heteroatoms. The van der Waals surface area contributed by atoms with E-state index in [1.54, 1.807) is 0 Å². The Balaban J connectivity index is 2.54. The molecule has 0 bridgehead atoms. The first-order chi connectivity index (χ1) is 5.90. The molecule has 1 heterocycles. The second-order valence-corrected chi connectivity index (χ2v) is 3.81. The second kappa shape index (κ2) is 3.13. The Morgan fingerprint density at radius 1 is 1.58 bits per heavy atom. The van der Waals surface area contributed by atoms with E-state index in [-0.39, 0.29) is 0 Å². The number of nitrogens with zero attached hydrogens (tertiary/aromatic N) is 2. The quantitative estimate of drug-likeness (QED) is 0.513. The highest BCUT2D eigenvalue weighted by Crippen LogP contribution is 2.24. The van der Waals surface area contributed by atoms with Gasteiger partial charge in [0.1, 0.15) is 5.40 Å². The van der Waals surface area contributed by atoms with Crippen LogP contribution in [0.2, 0.25) is 0 Å². The number of hydrogen-bond acceptors (Lipinski definition) is 4. The van der Waals surface area contributed by atoms with Crippen molar-refractivity contribution in [3.63, 3.8) is 0 Å². The van der Waals surface area contributed by atoms with Gasteiger partial charge in [0.2, 0.25) is 0 Å². The van der Waals surface area contributed by atoms with Crippen LogP contribution >= 0.6 is 23.1 Å². The molecule has 0 unspecified atom stereocenters. The monoisotopic (exact) mass is 191 g/mol. The number of thioether (sulfide) groups is 1. The van der Waals surface area contributed by atoms with Crippen molar-refractivity contribution in [3.05, 3.63) is 23.7 Å². The maximum absolute atomic E-state index is 8.44. The molecular weight excluding hydrogens is 188 g/mol. The molecule has 0 aliphatic rings. The molecular formula is C8H3N2S2. The molecule has 57 valence electrons. The molecule has 0 aliphatic carbocycles. The van der Waals surface area contributed by atoms with Crippen molar-refractivity contribution < 1.29 is 0 Å². The highest BCUT2D eigenvalue weighted by atomic mass is 32.2. The van der Waals surface area contributed by atoms with E-state index in [9.17, 15) is 0 Å². The number of thiocyanates is 1. The molecule has 0 saturated carbocycles. The van der Waals surface area contributed by atoms with Gasteiger partial charge in [-0.2, -0.15) is 5.26 Å². The molecule has 2 aromatic rings. The standard InChI is InChI=1S/C8H3N2S2/c9-4-11-6-1-2-7-8(3-6)12-5-10-7/h1-3H. The lowest BCUT2D eigenvalue weighted by Gasteiger charge is -1.91. The highest BCUT2D eigenvalue weighted by Gasteiger charge is 1.98. The first-order valence-corrected chi connectivity index (χ1v) is 4.86. The van der Waals surface area contributed by atoms with Crippen LogP contribution in [-0.4, -0.2) is 4.98 Å². The van der Waals surface area contributed by atoms with Crippen LogP contribution in [0, 0.1) is 16.2 Å². The number of rotatable bonds is 1. The van der Waals surface area contributed by atoms with E-state index in [1.165, 1.54) is 11.3 Å². The molecule has 2 nitrogen and oxygen atoms in total. The van der Waals surface area contributed by atoms with Crippen molar-refractivity contribution >= 4 is 33.3 Å². The molecule has 0 aliphatic heterocycles. The minimum atomic E-state index is 0.947. The fraction of sp³-hybridized carbons (Fsp3) is 0. The lowest BCUT2D eigenvalue weighted by atomic mass is 10.3. The van der Waals surface area contributed by atoms with Crippen molar-refractivity contribution in [2.75, 3.05) is 0 Å². The fourth-order valence-corrected chi connectivity index (χ4v) is 2.05. The third-order valence-electron chi connectivity index (χ3n) is 1.42. The van der Waals surface area contributed by atoms with Gasteiger partial charge in [-0.15, -0.1) is 11.3 Å². The summed E-state index contributed by atoms with van der Waals surface area (Å²) in [5, 5.41) is 10.5. The van der Waals surface area contributed by atoms with E-state index in [2.05, 4.69) is 10.5 Å². The van der Waals surface area contributed by atoms with E-state index in [0.29, 0.717) is 0 Å². The van der Waals surface area contributed by atoms with Crippen molar-refractivity contribution in [3.8, 4) is 5.40 Å². The lowest BCUT2D eigenvalue weighted by molar-refractivity contribution is 1.45. The summed E-state index contributed by atoms with van der Waals surface area (Å²) in [6.45, 7) is 0. The van der Waals surface area contributed by atoms with Gasteiger partial charge in [0.25, 0.3) is 0 Å². The van der Waals surface area contributed by atoms with Crippen LogP contribution in [0.25, 0.3) is 10.2 Å². The van der Waals surface area contributed by atoms with E-state index < -0.39 is 0 Å². The largest absolute Gasteiger partial charge is 0.233 e. The molecule has 0 amide bonds. The number of aromatic nitrogens is 1. The third kappa shape index (κ3) is 1.29. The first-order valence-electron chi connectivity index (χ1n) is 3.23. The average Bonchev–Trinajstić information content (AvgIpc) is 2.51. The normalized spacial score (nSPS) is 9.92. The van der Waals surface area contributed by atoms with Gasteiger partial charge < -0.3 is 0 Å². The summed E-state index contributed by atoms with van der Waals surface area (Å²) in [4.78, 5) is 4.98. The van der Waals surface area contributed by atoms with Crippen molar-refractivity contribution in [2.24, 2.45) is 0 Å². The van der Waals surface area contributed by atoms with Crippen molar-refractivity contribution in [1.82, 2.24) is 4.98 Å². The Morgan fingerprint density at radius 3 is 3.33 bits per heavy atom. The van der Waals surface area contributed by atoms with Crippen molar-refractivity contribution in [1.29, 1.82) is 5.26 Å². The van der Waals surface area contributed by atoms with Gasteiger partial charge in [-0.1, -0.05) is 0 Å². The summed E-state index contributed by atoms with van der Waals surface area (Å²) in [5.41, 5.74) is 3.75. The Bertz CT molecular complexity index is 441. The van der Waals surface area contributed by atoms with E-state index in [0.717, 1.165) is 26.9 Å². The SMILES string of the molecule is N#CSc1ccc2n[c]sc2c1. The molecule has 12 heavy (non-hydrogen) atoms. The van der Waals surface area contributed by atoms with Gasteiger partial charge in [0.05, 0.1) is 10.2 Å². The van der Waals surface area contributed by atoms with Gasteiger partial charge in [-0.25, -0.2) is 4.98 Å². The van der Waals surface area contributed by atoms with Crippen LogP contribution in [0.1, 0.15) is 0 Å². The number of thiazole rings is 1. The Kier molecular flexibility index (Phi) is 1.98. The topological polar surface area (TPSA) is 36.7 Å². The number of benzene rings is 1. The van der Waals surface area contributed by atoms with Crippen LogP contribution in [0.15, 0.2) is 23.1 Å². The zero-order valence-corrected chi connectivity index (χ0v) is 7.58. The fourth-order valence-electron chi connectivity index (χ4n) is 0.906. The summed E-state index contributed by atoms with van der Waals surface area (Å²) in [6, 6.07) is 5.75. The van der Waals surface area contributed by atoms with Gasteiger partial charge in [0, 0.05) is 4.90 Å². The van der Waals surface area contributed by atoms with Crippen LogP contribution in [-0.2, 0) is 0 Å². The average molecular weight is 191 g/mol. The van der Waals surface area contributed by atoms with Crippen LogP contribution in [0.4, 0.5) is 0 Å². The molecule has 0 atom stereocenters. The summed E-state index contributed by atoms with van der Waals surface area (Å²) >= 11 is 2.63. The predicted molar refractivity (Wildman–Crippen MR) is 49.9 cm³/mol. The highest BCUT2D eigenvalue weighted by molar-refractivity contribution is 8.03. The predicted octanol–water partition coefficient (Wildman–Crippen LogP) is 2.67. The second-order valence-electron chi connectivity index (χ2n) is 2.13. The molecule has 0 spiro atoms. The van der Waals surface area contributed by atoms with Gasteiger partial charge >= 0.3 is 0 Å². The molecule has 1 aromatic heterocycles. The Morgan fingerprint density at radius 2 is 2.50 bits per heavy atom. The van der Waals surface area contributed by atoms with Crippen molar-refractivity contribution in [2.45, 2.75) is 4.90 Å². The van der Waals surface area contributed by atoms with E-state index in [4.69, 9.17) is 5.26 Å². The zero-order valence-electron chi connectivity index (χ0n) is 5.94. The Labute approximate surface area is 77.9 Å². The number of nitriles is 1. The van der Waals surface area contributed by atoms with E-state index in [1.807, 2.05) is 23.6 Å². The zero-order chi connectivity index (χ0) is 8.39. The summed E-state index contributed by atoms with van der Waals surface area (Å²) in [5.74, 6) is 0. The summed E-state index contributed by atoms with van der Waals surface area (Å²) < 4.78 is 1.08. The molecule has 1 radical (unpaired) electrons. The van der Waals surface area contributed by atoms with Gasteiger partial charge in [0.15, 0.2) is 5.51 Å². The first kappa shape index (κ1) is 7.59. The number of fused-ring (bicyclic) bond motifs is 1. The summed E-state index contributed by atoms with van der Waals surface area (Å²) in [7, 11) is 0. The van der Waals surface area contributed by atoms with Gasteiger partial charge in [-0.05, 0) is 30.0 Å². The van der Waals surface area contributed by atoms with Gasteiger partial charge in [-0.3, -0.25) is 0 Å². The smallest absolute Gasteiger partial charge is 0.153 e. The third-order valence-corrected chi connectivity index (χ3v) is 2.73. The minimum absolute atomic E-state index is 0.947. The minimum Gasteiger partial charge on any atom is -0.233 e. The molecule has 0 saturated heterocycles. The maximum atomic E-state index is 8.44.